The number of hydrogen-bond donors (Lipinski definition) is 2. The number of aromatic carboxylic acids is 1. The summed E-state index contributed by atoms with van der Waals surface area (Å²) in [5, 5.41) is 17.9. The quantitative estimate of drug-likeness (QED) is 0.802. The van der Waals surface area contributed by atoms with Crippen LogP contribution in [0.2, 0.25) is 0 Å². The summed E-state index contributed by atoms with van der Waals surface area (Å²) in [5.41, 5.74) is 0.957. The van der Waals surface area contributed by atoms with Crippen molar-refractivity contribution in [1.82, 2.24) is 0 Å². The number of carboxylic acid groups (broad SMARTS) is 1. The molecule has 0 heterocycles. The normalized spacial score (nSPS) is 12.5. The minimum Gasteiger partial charge on any atom is -0.478 e. The maximum Gasteiger partial charge on any atom is 0.338 e. The van der Waals surface area contributed by atoms with E-state index in [1.54, 1.807) is 13.8 Å². The van der Waals surface area contributed by atoms with Crippen molar-refractivity contribution in [2.45, 2.75) is 26.4 Å². The third kappa shape index (κ3) is 2.76. The zero-order valence-corrected chi connectivity index (χ0v) is 8.62. The van der Waals surface area contributed by atoms with Gasteiger partial charge in [-0.1, -0.05) is 0 Å². The lowest BCUT2D eigenvalue weighted by atomic mass is 10.00. The summed E-state index contributed by atoms with van der Waals surface area (Å²) in [4.78, 5) is 10.7. The molecule has 3 nitrogen and oxygen atoms in total. The molecule has 0 saturated carbocycles. The van der Waals surface area contributed by atoms with E-state index in [4.69, 9.17) is 5.11 Å². The maximum absolute atomic E-state index is 13.2. The van der Waals surface area contributed by atoms with E-state index in [0.29, 0.717) is 17.5 Å². The first-order valence-electron chi connectivity index (χ1n) is 4.62. The molecule has 4 heteroatoms. The van der Waals surface area contributed by atoms with Crippen molar-refractivity contribution in [3.63, 3.8) is 0 Å². The first-order chi connectivity index (χ1) is 6.91. The van der Waals surface area contributed by atoms with E-state index in [1.807, 2.05) is 0 Å². The molecule has 1 rings (SSSR count). The molecular weight excluding hydrogens is 199 g/mol. The van der Waals surface area contributed by atoms with Crippen molar-refractivity contribution in [3.05, 3.63) is 34.6 Å². The molecule has 0 amide bonds. The maximum atomic E-state index is 13.2. The van der Waals surface area contributed by atoms with Gasteiger partial charge in [-0.2, -0.15) is 0 Å². The molecule has 0 aliphatic heterocycles. The van der Waals surface area contributed by atoms with E-state index < -0.39 is 17.9 Å². The zero-order valence-electron chi connectivity index (χ0n) is 8.62. The van der Waals surface area contributed by atoms with E-state index >= 15 is 0 Å². The molecule has 0 radical (unpaired) electrons. The Balaban J connectivity index is 3.17. The fourth-order valence-corrected chi connectivity index (χ4v) is 1.42. The van der Waals surface area contributed by atoms with Crippen molar-refractivity contribution >= 4 is 5.97 Å². The van der Waals surface area contributed by atoms with Crippen LogP contribution in [0.15, 0.2) is 12.1 Å². The molecule has 0 fully saturated rings. The van der Waals surface area contributed by atoms with Crippen LogP contribution in [0.1, 0.15) is 28.4 Å². The van der Waals surface area contributed by atoms with Gasteiger partial charge in [0.1, 0.15) is 5.82 Å². The van der Waals surface area contributed by atoms with Gasteiger partial charge in [0.15, 0.2) is 0 Å². The first kappa shape index (κ1) is 11.7. The molecule has 0 aliphatic carbocycles. The van der Waals surface area contributed by atoms with Gasteiger partial charge in [0.05, 0.1) is 11.7 Å². The Morgan fingerprint density at radius 2 is 2.13 bits per heavy atom. The Morgan fingerprint density at radius 1 is 1.53 bits per heavy atom. The Bertz CT molecular complexity index is 386. The number of carbonyl (C=O) groups is 1. The summed E-state index contributed by atoms with van der Waals surface area (Å²) in [6.45, 7) is 3.29. The summed E-state index contributed by atoms with van der Waals surface area (Å²) in [5.74, 6) is -2.03. The van der Waals surface area contributed by atoms with Crippen molar-refractivity contribution in [1.29, 1.82) is 0 Å². The van der Waals surface area contributed by atoms with Crippen molar-refractivity contribution in [2.24, 2.45) is 0 Å². The van der Waals surface area contributed by atoms with Gasteiger partial charge in [-0.25, -0.2) is 9.18 Å². The molecule has 1 atom stereocenters. The van der Waals surface area contributed by atoms with Gasteiger partial charge in [0.25, 0.3) is 0 Å². The Kier molecular flexibility index (Phi) is 3.42. The van der Waals surface area contributed by atoms with Gasteiger partial charge < -0.3 is 10.2 Å². The highest BCUT2D eigenvalue weighted by Crippen LogP contribution is 2.17. The summed E-state index contributed by atoms with van der Waals surface area (Å²) >= 11 is 0. The van der Waals surface area contributed by atoms with Crippen LogP contribution in [0.4, 0.5) is 4.39 Å². The van der Waals surface area contributed by atoms with Gasteiger partial charge in [-0.05, 0) is 43.5 Å². The lowest BCUT2D eigenvalue weighted by Gasteiger charge is -2.09. The largest absolute Gasteiger partial charge is 0.478 e. The van der Waals surface area contributed by atoms with Crippen LogP contribution < -0.4 is 0 Å². The van der Waals surface area contributed by atoms with Crippen LogP contribution in [0.25, 0.3) is 0 Å². The second kappa shape index (κ2) is 4.40. The summed E-state index contributed by atoms with van der Waals surface area (Å²) < 4.78 is 13.2. The minimum absolute atomic E-state index is 0.326. The highest BCUT2D eigenvalue weighted by Gasteiger charge is 2.13. The van der Waals surface area contributed by atoms with Crippen LogP contribution >= 0.6 is 0 Å². The summed E-state index contributed by atoms with van der Waals surface area (Å²) in [6.07, 6.45) is -0.248. The Labute approximate surface area is 87.2 Å². The standard InChI is InChI=1S/C11H13FO3/c1-6-3-10(12)9(11(14)15)5-8(6)4-7(2)13/h3,5,7,13H,4H2,1-2H3,(H,14,15). The second-order valence-electron chi connectivity index (χ2n) is 3.62. The third-order valence-electron chi connectivity index (χ3n) is 2.17. The number of aliphatic hydroxyl groups excluding tert-OH is 1. The lowest BCUT2D eigenvalue weighted by molar-refractivity contribution is 0.0691. The van der Waals surface area contributed by atoms with Crippen molar-refractivity contribution < 1.29 is 19.4 Å². The molecule has 0 saturated heterocycles. The van der Waals surface area contributed by atoms with Gasteiger partial charge >= 0.3 is 5.97 Å². The van der Waals surface area contributed by atoms with Gasteiger partial charge in [0.2, 0.25) is 0 Å². The van der Waals surface area contributed by atoms with Gasteiger partial charge in [-0.15, -0.1) is 0 Å². The van der Waals surface area contributed by atoms with E-state index in [-0.39, 0.29) is 5.56 Å². The highest BCUT2D eigenvalue weighted by atomic mass is 19.1. The fourth-order valence-electron chi connectivity index (χ4n) is 1.42. The highest BCUT2D eigenvalue weighted by molar-refractivity contribution is 5.88. The van der Waals surface area contributed by atoms with Crippen LogP contribution in [0.3, 0.4) is 0 Å². The Hall–Kier alpha value is -1.42. The summed E-state index contributed by atoms with van der Waals surface area (Å²) in [6, 6.07) is 2.46. The molecule has 82 valence electrons. The molecular formula is C11H13FO3. The molecule has 0 aliphatic rings. The number of aliphatic hydroxyl groups is 1. The van der Waals surface area contributed by atoms with Gasteiger partial charge in [0, 0.05) is 0 Å². The minimum atomic E-state index is -1.29. The van der Waals surface area contributed by atoms with Crippen molar-refractivity contribution in [2.75, 3.05) is 0 Å². The third-order valence-corrected chi connectivity index (χ3v) is 2.17. The molecule has 0 aromatic heterocycles. The first-order valence-corrected chi connectivity index (χ1v) is 4.62. The molecule has 1 aromatic rings. The van der Waals surface area contributed by atoms with E-state index in [1.165, 1.54) is 12.1 Å². The topological polar surface area (TPSA) is 57.5 Å². The van der Waals surface area contributed by atoms with E-state index in [2.05, 4.69) is 0 Å². The van der Waals surface area contributed by atoms with E-state index in [9.17, 15) is 14.3 Å². The van der Waals surface area contributed by atoms with Gasteiger partial charge in [-0.3, -0.25) is 0 Å². The molecule has 1 unspecified atom stereocenters. The second-order valence-corrected chi connectivity index (χ2v) is 3.62. The number of aryl methyl sites for hydroxylation is 1. The monoisotopic (exact) mass is 212 g/mol. The smallest absolute Gasteiger partial charge is 0.338 e. The number of benzene rings is 1. The number of carboxylic acids is 1. The molecule has 1 aromatic carbocycles. The molecule has 0 bridgehead atoms. The molecule has 2 N–H and O–H groups in total. The molecule has 0 spiro atoms. The van der Waals surface area contributed by atoms with E-state index in [0.717, 1.165) is 0 Å². The summed E-state index contributed by atoms with van der Waals surface area (Å²) in [7, 11) is 0. The SMILES string of the molecule is Cc1cc(F)c(C(=O)O)cc1CC(C)O. The van der Waals surface area contributed by atoms with Crippen LogP contribution in [0, 0.1) is 12.7 Å². The Morgan fingerprint density at radius 3 is 2.60 bits per heavy atom. The molecule has 15 heavy (non-hydrogen) atoms. The predicted octanol–water partition coefficient (Wildman–Crippen LogP) is 1.76. The van der Waals surface area contributed by atoms with Crippen LogP contribution in [-0.2, 0) is 6.42 Å². The lowest BCUT2D eigenvalue weighted by Crippen LogP contribution is -2.09. The van der Waals surface area contributed by atoms with Crippen molar-refractivity contribution in [3.8, 4) is 0 Å². The number of hydrogen-bond acceptors (Lipinski definition) is 2. The number of halogens is 1. The predicted molar refractivity (Wildman–Crippen MR) is 53.5 cm³/mol. The average molecular weight is 212 g/mol. The zero-order chi connectivity index (χ0) is 11.6. The van der Waals surface area contributed by atoms with Crippen LogP contribution in [-0.4, -0.2) is 22.3 Å². The number of rotatable bonds is 3. The van der Waals surface area contributed by atoms with Crippen LogP contribution in [0.5, 0.6) is 0 Å². The average Bonchev–Trinajstić information content (AvgIpc) is 2.08. The fraction of sp³-hybridized carbons (Fsp3) is 0.364.